The maximum Gasteiger partial charge on any atom is 0.405 e. The maximum absolute atomic E-state index is 14.0. The number of oxazole rings is 1. The number of aliphatic hydroxyl groups is 1. The van der Waals surface area contributed by atoms with Gasteiger partial charge >= 0.3 is 6.18 Å². The molecule has 2 aromatic carbocycles. The lowest BCUT2D eigenvalue weighted by molar-refractivity contribution is -0.144. The monoisotopic (exact) mass is 1110 g/mol. The third-order valence-electron chi connectivity index (χ3n) is 12.7. The average Bonchev–Trinajstić information content (AvgIpc) is 4.29. The number of primary amides is 1. The molecule has 79 heavy (non-hydrogen) atoms. The van der Waals surface area contributed by atoms with Gasteiger partial charge in [-0.15, -0.1) is 11.3 Å². The molecule has 0 saturated carbocycles. The van der Waals surface area contributed by atoms with Gasteiger partial charge in [-0.1, -0.05) is 70.7 Å². The van der Waals surface area contributed by atoms with Crippen LogP contribution in [0.15, 0.2) is 89.2 Å². The summed E-state index contributed by atoms with van der Waals surface area (Å²) >= 11 is 1.56. The molecule has 1 aliphatic heterocycles. The second kappa shape index (κ2) is 26.5. The number of halogens is 3. The number of nitrogens with one attached hydrogen (secondary N) is 5. The van der Waals surface area contributed by atoms with Crippen molar-refractivity contribution in [3.05, 3.63) is 113 Å². The number of benzene rings is 2. The molecular weight excluding hydrogens is 1050 g/mol. The van der Waals surface area contributed by atoms with Crippen LogP contribution in [0.1, 0.15) is 108 Å². The van der Waals surface area contributed by atoms with Crippen molar-refractivity contribution in [3.63, 3.8) is 0 Å². The molecule has 1 unspecified atom stereocenters. The molecule has 6 aromatic rings. The number of aromatic nitrogens is 5. The van der Waals surface area contributed by atoms with Gasteiger partial charge in [0.25, 0.3) is 17.7 Å². The quantitative estimate of drug-likeness (QED) is 0.0298. The predicted octanol–water partition coefficient (Wildman–Crippen LogP) is 6.58. The highest BCUT2D eigenvalue weighted by Gasteiger charge is 2.44. The number of carbonyl (C=O) groups is 6. The van der Waals surface area contributed by atoms with E-state index in [0.717, 1.165) is 66.5 Å². The first kappa shape index (κ1) is 58.6. The van der Waals surface area contributed by atoms with Gasteiger partial charge in [-0.3, -0.25) is 28.8 Å². The van der Waals surface area contributed by atoms with Crippen LogP contribution in [0.2, 0.25) is 0 Å². The van der Waals surface area contributed by atoms with E-state index in [1.165, 1.54) is 34.1 Å². The van der Waals surface area contributed by atoms with E-state index in [0.29, 0.717) is 24.4 Å². The van der Waals surface area contributed by atoms with Gasteiger partial charge < -0.3 is 51.5 Å². The predicted molar refractivity (Wildman–Crippen MR) is 287 cm³/mol. The summed E-state index contributed by atoms with van der Waals surface area (Å²) in [5.74, 6) is -3.48. The second-order valence-corrected chi connectivity index (χ2v) is 20.9. The molecule has 25 heteroatoms. The van der Waals surface area contributed by atoms with Gasteiger partial charge in [0, 0.05) is 50.0 Å². The van der Waals surface area contributed by atoms with Gasteiger partial charge in [-0.25, -0.2) is 19.6 Å². The lowest BCUT2D eigenvalue weighted by atomic mass is 9.85. The fraction of sp³-hybridized carbons (Fsp3) is 0.407. The number of aryl methyl sites for hydroxylation is 1. The smallest absolute Gasteiger partial charge is 0.405 e. The van der Waals surface area contributed by atoms with Gasteiger partial charge in [0.05, 0.1) is 39.8 Å². The van der Waals surface area contributed by atoms with Crippen molar-refractivity contribution in [1.82, 2.24) is 45.6 Å². The second-order valence-electron chi connectivity index (χ2n) is 20.0. The molecule has 0 aliphatic carbocycles. The van der Waals surface area contributed by atoms with Crippen LogP contribution in [0.5, 0.6) is 0 Å². The third-order valence-corrected chi connectivity index (χ3v) is 13.7. The summed E-state index contributed by atoms with van der Waals surface area (Å²) in [5.41, 5.74) is 10.1. The number of amides is 6. The molecule has 3 atom stereocenters. The summed E-state index contributed by atoms with van der Waals surface area (Å²) < 4.78 is 50.3. The minimum Gasteiger partial charge on any atom is -0.444 e. The molecule has 0 bridgehead atoms. The molecule has 8 N–H and O–H groups in total. The summed E-state index contributed by atoms with van der Waals surface area (Å²) in [4.78, 5) is 93.5. The fourth-order valence-corrected chi connectivity index (χ4v) is 9.39. The van der Waals surface area contributed by atoms with E-state index >= 15 is 0 Å². The molecule has 7 rings (SSSR count). The van der Waals surface area contributed by atoms with Crippen LogP contribution in [0.25, 0.3) is 27.6 Å². The van der Waals surface area contributed by atoms with E-state index in [4.69, 9.17) is 14.9 Å². The highest BCUT2D eigenvalue weighted by atomic mass is 32.1. The molecule has 420 valence electrons. The van der Waals surface area contributed by atoms with Crippen LogP contribution in [0, 0.1) is 12.3 Å². The molecule has 4 aromatic heterocycles. The van der Waals surface area contributed by atoms with Gasteiger partial charge in [-0.05, 0) is 72.7 Å². The Bertz CT molecular complexity index is 3080. The van der Waals surface area contributed by atoms with Crippen molar-refractivity contribution in [2.75, 3.05) is 43.5 Å². The zero-order valence-electron chi connectivity index (χ0n) is 44.0. The van der Waals surface area contributed by atoms with E-state index in [-0.39, 0.29) is 72.3 Å². The molecule has 1 saturated heterocycles. The van der Waals surface area contributed by atoms with E-state index in [1.807, 2.05) is 52.0 Å². The lowest BCUT2D eigenvalue weighted by Gasteiger charge is -2.35. The Morgan fingerprint density at radius 1 is 0.911 bits per heavy atom. The first-order chi connectivity index (χ1) is 37.6. The number of likely N-dealkylation sites (tertiary alicyclic amines) is 1. The number of thiazole rings is 1. The third kappa shape index (κ3) is 16.5. The fourth-order valence-electron chi connectivity index (χ4n) is 8.58. The molecule has 5 heterocycles. The topological polar surface area (TPSA) is 291 Å². The summed E-state index contributed by atoms with van der Waals surface area (Å²) in [7, 11) is 0. The Balaban J connectivity index is 0.770. The number of carbonyl (C=O) groups excluding carboxylic acids is 6. The number of anilines is 2. The van der Waals surface area contributed by atoms with E-state index in [2.05, 4.69) is 46.6 Å². The van der Waals surface area contributed by atoms with Gasteiger partial charge in [-0.2, -0.15) is 18.3 Å². The molecule has 1 aliphatic rings. The van der Waals surface area contributed by atoms with Crippen LogP contribution in [-0.2, 0) is 25.7 Å². The van der Waals surface area contributed by atoms with Crippen LogP contribution >= 0.6 is 11.3 Å². The van der Waals surface area contributed by atoms with E-state index in [9.17, 15) is 47.0 Å². The number of aliphatic hydroxyl groups excluding tert-OH is 1. The summed E-state index contributed by atoms with van der Waals surface area (Å²) in [5, 5.41) is 28.1. The number of rotatable bonds is 25. The maximum atomic E-state index is 14.0. The van der Waals surface area contributed by atoms with Crippen LogP contribution in [-0.4, -0.2) is 127 Å². The van der Waals surface area contributed by atoms with Crippen molar-refractivity contribution < 1.29 is 56.2 Å². The Morgan fingerprint density at radius 3 is 2.32 bits per heavy atom. The molecule has 0 radical (unpaired) electrons. The van der Waals surface area contributed by atoms with Crippen molar-refractivity contribution in [1.29, 1.82) is 0 Å². The highest BCUT2D eigenvalue weighted by molar-refractivity contribution is 7.13. The van der Waals surface area contributed by atoms with E-state index in [1.54, 1.807) is 41.1 Å². The summed E-state index contributed by atoms with van der Waals surface area (Å²) in [6.45, 7) is 6.87. The number of alkyl halides is 3. The highest BCUT2D eigenvalue weighted by Crippen LogP contribution is 2.29. The van der Waals surface area contributed by atoms with Gasteiger partial charge in [0.15, 0.2) is 11.4 Å². The van der Waals surface area contributed by atoms with Crippen LogP contribution in [0.3, 0.4) is 0 Å². The Hall–Kier alpha value is -8.03. The van der Waals surface area contributed by atoms with Crippen molar-refractivity contribution in [3.8, 4) is 27.6 Å². The van der Waals surface area contributed by atoms with Crippen molar-refractivity contribution >= 4 is 58.3 Å². The summed E-state index contributed by atoms with van der Waals surface area (Å²) in [6.07, 6.45) is 3.42. The molecule has 21 nitrogen and oxygen atoms in total. The largest absolute Gasteiger partial charge is 0.444 e. The SMILES string of the molecule is Cc1ncsc1-c1ccc(CNC(=O)[C@@H]2C[C@@H](O)CN2C(=O)C(NC(=O)COCCCCCCCCNC(=O)c2ccc(-n3cc(NC(=O)c4coc(-c5ccnc(NCC(F)(F)F)c5)n4)c(C(N)=O)n3)cc2)C(C)(C)C)cc1. The van der Waals surface area contributed by atoms with Crippen LogP contribution < -0.4 is 32.3 Å². The molecule has 1 fully saturated rings. The standard InChI is InChI=1S/C54H63F3N12O9S/c1-32-45(79-31-63-32)34-13-11-33(12-14-34)25-61-50(75)41-24-38(70)26-68(41)52(76)46(53(2,3)4)66-43(71)29-77-22-10-8-6-5-7-9-20-60-48(73)35-15-17-37(18-16-35)69-27-39(44(67-69)47(58)72)64-49(74)40-28-78-51(65-40)36-19-21-59-42(23-36)62-30-54(55,56)57/h11-19,21,23,27-28,31,38,41,46,70H,5-10,20,22,24-26,29-30H2,1-4H3,(H2,58,72)(H,59,62)(H,60,73)(H,61,75)(H,64,74)(H,66,71)/t38-,41+,46?/m1/s1. The number of nitrogens with two attached hydrogens (primary N) is 1. The minimum atomic E-state index is -4.47. The van der Waals surface area contributed by atoms with Crippen LogP contribution in [0.4, 0.5) is 24.7 Å². The number of nitrogens with zero attached hydrogens (tertiary/aromatic N) is 6. The number of unbranched alkanes of at least 4 members (excludes halogenated alkanes) is 5. The number of β-amino-alcohol motifs (C(OH)–C–C–N with tert-alkyl or cyclic N) is 1. The van der Waals surface area contributed by atoms with Crippen molar-refractivity contribution in [2.45, 2.75) is 104 Å². The van der Waals surface area contributed by atoms with Crippen molar-refractivity contribution in [2.24, 2.45) is 11.1 Å². The molecule has 6 amide bonds. The first-order valence-corrected chi connectivity index (χ1v) is 26.5. The Kier molecular flexibility index (Phi) is 19.7. The number of hydrogen-bond acceptors (Lipinski definition) is 15. The van der Waals surface area contributed by atoms with Gasteiger partial charge in [0.1, 0.15) is 37.3 Å². The zero-order valence-corrected chi connectivity index (χ0v) is 44.8. The Morgan fingerprint density at radius 2 is 1.63 bits per heavy atom. The molecule has 0 spiro atoms. The zero-order chi connectivity index (χ0) is 56.9. The number of pyridine rings is 1. The number of ether oxygens (including phenoxy) is 1. The Labute approximate surface area is 457 Å². The first-order valence-electron chi connectivity index (χ1n) is 25.6. The normalized spacial score (nSPS) is 14.9. The average molecular weight is 1110 g/mol. The van der Waals surface area contributed by atoms with Gasteiger partial charge in [0.2, 0.25) is 23.6 Å². The molecular formula is C54H63F3N12O9S. The minimum absolute atomic E-state index is 0.0322. The lowest BCUT2D eigenvalue weighted by Crippen LogP contribution is -2.58. The summed E-state index contributed by atoms with van der Waals surface area (Å²) in [6, 6.07) is 15.0. The van der Waals surface area contributed by atoms with E-state index < -0.39 is 60.0 Å². The number of hydrogen-bond donors (Lipinski definition) is 7.